The molecule has 0 aromatic heterocycles. The molecule has 196 valence electrons. The van der Waals surface area contributed by atoms with E-state index in [0.29, 0.717) is 22.4 Å². The van der Waals surface area contributed by atoms with Crippen molar-refractivity contribution in [3.05, 3.63) is 76.9 Å². The van der Waals surface area contributed by atoms with Gasteiger partial charge in [0.2, 0.25) is 11.8 Å². The Morgan fingerprint density at radius 2 is 1.50 bits per heavy atom. The molecule has 4 N–H and O–H groups in total. The molecule has 2 aliphatic heterocycles. The van der Waals surface area contributed by atoms with Crippen molar-refractivity contribution in [2.45, 2.75) is 32.0 Å². The third-order valence-electron chi connectivity index (χ3n) is 6.14. The highest BCUT2D eigenvalue weighted by Crippen LogP contribution is 2.57. The second-order valence-corrected chi connectivity index (χ2v) is 10.0. The van der Waals surface area contributed by atoms with Crippen LogP contribution in [0.3, 0.4) is 0 Å². The number of benzene rings is 3. The Labute approximate surface area is 218 Å². The lowest BCUT2D eigenvalue weighted by atomic mass is 9.77. The van der Waals surface area contributed by atoms with Gasteiger partial charge in [-0.05, 0) is 57.2 Å². The summed E-state index contributed by atoms with van der Waals surface area (Å²) in [4.78, 5) is 37.5. The summed E-state index contributed by atoms with van der Waals surface area (Å²) in [6, 6.07) is 13.8. The SMILES string of the molecule is CC(C)(C)OCC(=O)NCC(=O)Nc1ccc2c(c1)C(=O)OC21c2ccc(O)cc2Oc2cc(O)ccc21. The predicted octanol–water partition coefficient (Wildman–Crippen LogP) is 3.54. The largest absolute Gasteiger partial charge is 0.508 e. The highest BCUT2D eigenvalue weighted by atomic mass is 16.6. The average molecular weight is 519 g/mol. The maximum Gasteiger partial charge on any atom is 0.340 e. The second kappa shape index (κ2) is 9.07. The van der Waals surface area contributed by atoms with E-state index in [1.54, 1.807) is 24.3 Å². The van der Waals surface area contributed by atoms with Gasteiger partial charge in [-0.25, -0.2) is 4.79 Å². The summed E-state index contributed by atoms with van der Waals surface area (Å²) in [5.41, 5.74) is 0.199. The fraction of sp³-hybridized carbons (Fsp3) is 0.250. The van der Waals surface area contributed by atoms with Crippen LogP contribution in [0.5, 0.6) is 23.0 Å². The zero-order valence-corrected chi connectivity index (χ0v) is 21.0. The highest BCUT2D eigenvalue weighted by Gasteiger charge is 2.53. The summed E-state index contributed by atoms with van der Waals surface area (Å²) in [5.74, 6) is -1.07. The molecule has 0 atom stereocenters. The van der Waals surface area contributed by atoms with E-state index in [9.17, 15) is 24.6 Å². The van der Waals surface area contributed by atoms with Gasteiger partial charge in [0.05, 0.1) is 17.7 Å². The van der Waals surface area contributed by atoms with Crippen molar-refractivity contribution < 1.29 is 38.8 Å². The molecule has 10 nitrogen and oxygen atoms in total. The van der Waals surface area contributed by atoms with E-state index in [4.69, 9.17) is 14.2 Å². The van der Waals surface area contributed by atoms with Crippen molar-refractivity contribution in [2.24, 2.45) is 0 Å². The summed E-state index contributed by atoms with van der Waals surface area (Å²) in [6.45, 7) is 5.01. The monoisotopic (exact) mass is 518 g/mol. The van der Waals surface area contributed by atoms with Crippen LogP contribution in [0.15, 0.2) is 54.6 Å². The molecular weight excluding hydrogens is 492 g/mol. The normalized spacial score (nSPS) is 14.6. The molecule has 0 fully saturated rings. The fourth-order valence-electron chi connectivity index (χ4n) is 4.50. The number of hydrogen-bond donors (Lipinski definition) is 4. The number of nitrogens with one attached hydrogen (secondary N) is 2. The Morgan fingerprint density at radius 3 is 2.11 bits per heavy atom. The molecule has 5 rings (SSSR count). The molecule has 2 aliphatic rings. The van der Waals surface area contributed by atoms with E-state index in [2.05, 4.69) is 10.6 Å². The van der Waals surface area contributed by atoms with Crippen LogP contribution in [0.25, 0.3) is 0 Å². The number of phenolic OH excluding ortho intramolecular Hbond substituents is 2. The van der Waals surface area contributed by atoms with Gasteiger partial charge >= 0.3 is 5.97 Å². The summed E-state index contributed by atoms with van der Waals surface area (Å²) in [5, 5.41) is 25.2. The number of phenols is 2. The molecule has 0 aliphatic carbocycles. The Balaban J connectivity index is 1.43. The summed E-state index contributed by atoms with van der Waals surface area (Å²) < 4.78 is 17.3. The molecule has 3 aromatic carbocycles. The van der Waals surface area contributed by atoms with Crippen molar-refractivity contribution in [3.63, 3.8) is 0 Å². The van der Waals surface area contributed by atoms with Gasteiger partial charge < -0.3 is 35.1 Å². The highest BCUT2D eigenvalue weighted by molar-refractivity contribution is 6.00. The van der Waals surface area contributed by atoms with E-state index in [1.807, 2.05) is 20.8 Å². The summed E-state index contributed by atoms with van der Waals surface area (Å²) >= 11 is 0. The van der Waals surface area contributed by atoms with Gasteiger partial charge in [0.25, 0.3) is 0 Å². The molecule has 3 aromatic rings. The Hall–Kier alpha value is -4.57. The number of rotatable bonds is 5. The number of hydrogen-bond acceptors (Lipinski definition) is 8. The first kappa shape index (κ1) is 25.1. The van der Waals surface area contributed by atoms with Crippen LogP contribution in [0.1, 0.15) is 47.8 Å². The molecule has 0 unspecified atom stereocenters. The van der Waals surface area contributed by atoms with E-state index < -0.39 is 29.0 Å². The van der Waals surface area contributed by atoms with Crippen molar-refractivity contribution in [3.8, 4) is 23.0 Å². The topological polar surface area (TPSA) is 143 Å². The average Bonchev–Trinajstić information content (AvgIpc) is 3.12. The summed E-state index contributed by atoms with van der Waals surface area (Å²) in [7, 11) is 0. The summed E-state index contributed by atoms with van der Waals surface area (Å²) in [6.07, 6.45) is 0. The number of ether oxygens (including phenoxy) is 3. The maximum absolute atomic E-state index is 13.2. The van der Waals surface area contributed by atoms with Gasteiger partial charge in [-0.1, -0.05) is 6.07 Å². The first-order valence-corrected chi connectivity index (χ1v) is 11.9. The molecule has 0 radical (unpaired) electrons. The molecule has 1 spiro atoms. The molecular formula is C28H26N2O8. The fourth-order valence-corrected chi connectivity index (χ4v) is 4.50. The molecule has 2 heterocycles. The smallest absolute Gasteiger partial charge is 0.340 e. The van der Waals surface area contributed by atoms with Crippen molar-refractivity contribution >= 4 is 23.5 Å². The second-order valence-electron chi connectivity index (χ2n) is 10.0. The van der Waals surface area contributed by atoms with E-state index >= 15 is 0 Å². The molecule has 10 heteroatoms. The van der Waals surface area contributed by atoms with Crippen molar-refractivity contribution in [2.75, 3.05) is 18.5 Å². The minimum Gasteiger partial charge on any atom is -0.508 e. The van der Waals surface area contributed by atoms with Crippen LogP contribution in [0, 0.1) is 0 Å². The third-order valence-corrected chi connectivity index (χ3v) is 6.14. The number of carbonyl (C=O) groups excluding carboxylic acids is 3. The minimum absolute atomic E-state index is 0.0397. The van der Waals surface area contributed by atoms with Gasteiger partial charge in [-0.3, -0.25) is 9.59 Å². The molecule has 0 saturated heterocycles. The molecule has 2 amide bonds. The number of aromatic hydroxyl groups is 2. The number of anilines is 1. The quantitative estimate of drug-likeness (QED) is 0.376. The van der Waals surface area contributed by atoms with Gasteiger partial charge in [-0.15, -0.1) is 0 Å². The van der Waals surface area contributed by atoms with Crippen LogP contribution >= 0.6 is 0 Å². The maximum atomic E-state index is 13.2. The van der Waals surface area contributed by atoms with Gasteiger partial charge in [0.15, 0.2) is 5.60 Å². The lowest BCUT2D eigenvalue weighted by Crippen LogP contribution is -2.37. The van der Waals surface area contributed by atoms with Gasteiger partial charge in [-0.2, -0.15) is 0 Å². The lowest BCUT2D eigenvalue weighted by molar-refractivity contribution is -0.132. The van der Waals surface area contributed by atoms with Crippen LogP contribution in [0.2, 0.25) is 0 Å². The van der Waals surface area contributed by atoms with Crippen LogP contribution in [0.4, 0.5) is 5.69 Å². The number of amides is 2. The van der Waals surface area contributed by atoms with Crippen LogP contribution < -0.4 is 15.4 Å². The van der Waals surface area contributed by atoms with Gasteiger partial charge in [0.1, 0.15) is 29.6 Å². The first-order chi connectivity index (χ1) is 18.0. The van der Waals surface area contributed by atoms with E-state index in [0.717, 1.165) is 0 Å². The number of fused-ring (bicyclic) bond motifs is 6. The van der Waals surface area contributed by atoms with Crippen molar-refractivity contribution in [1.82, 2.24) is 5.32 Å². The van der Waals surface area contributed by atoms with Crippen LogP contribution in [-0.4, -0.2) is 46.7 Å². The lowest BCUT2D eigenvalue weighted by Gasteiger charge is -2.36. The predicted molar refractivity (Wildman–Crippen MR) is 135 cm³/mol. The van der Waals surface area contributed by atoms with Crippen LogP contribution in [-0.2, 0) is 24.7 Å². The van der Waals surface area contributed by atoms with E-state index in [1.165, 1.54) is 30.3 Å². The molecule has 38 heavy (non-hydrogen) atoms. The zero-order chi connectivity index (χ0) is 27.2. The zero-order valence-electron chi connectivity index (χ0n) is 21.0. The Morgan fingerprint density at radius 1 is 0.895 bits per heavy atom. The Bertz CT molecular complexity index is 1420. The number of carbonyl (C=O) groups is 3. The van der Waals surface area contributed by atoms with Gasteiger partial charge in [0, 0.05) is 34.5 Å². The third kappa shape index (κ3) is 4.50. The standard InChI is InChI=1S/C28H26N2O8/c1-27(2,3)36-14-25(34)29-13-24(33)30-15-4-7-19-18(10-15)26(35)38-28(19)20-8-5-16(31)11-22(20)37-23-12-17(32)6-9-21(23)28/h4-12,31-32H,13-14H2,1-3H3,(H,29,34)(H,30,33). The molecule has 0 bridgehead atoms. The molecule has 0 saturated carbocycles. The Kier molecular flexibility index (Phi) is 5.99. The van der Waals surface area contributed by atoms with E-state index in [-0.39, 0.29) is 41.7 Å². The minimum atomic E-state index is -1.39. The van der Waals surface area contributed by atoms with Crippen molar-refractivity contribution in [1.29, 1.82) is 0 Å². The first-order valence-electron chi connectivity index (χ1n) is 11.9. The number of esters is 1.